The Kier molecular flexibility index (Phi) is 3.19. The van der Waals surface area contributed by atoms with Crippen molar-refractivity contribution in [2.75, 3.05) is 0 Å². The Morgan fingerprint density at radius 1 is 1.35 bits per heavy atom. The van der Waals surface area contributed by atoms with Gasteiger partial charge in [-0.2, -0.15) is 0 Å². The maximum Gasteiger partial charge on any atom is 0.338 e. The van der Waals surface area contributed by atoms with E-state index in [1.165, 1.54) is 33.4 Å². The van der Waals surface area contributed by atoms with Crippen molar-refractivity contribution in [1.82, 2.24) is 4.98 Å². The first-order valence-corrected chi connectivity index (χ1v) is 7.59. The number of nitrogens with zero attached hydrogens (tertiary/aromatic N) is 1. The standard InChI is InChI=1S/C14H11NO3S2/c1-7-3-10(8(2)20-7)13-15-11(6-19-13)12-4-9(5-18-12)14(16)17/h3-6H,1-2H3,(H,16,17). The third-order valence-corrected chi connectivity index (χ3v) is 4.72. The van der Waals surface area contributed by atoms with Crippen LogP contribution in [-0.4, -0.2) is 16.1 Å². The van der Waals surface area contributed by atoms with Crippen LogP contribution in [0.5, 0.6) is 0 Å². The predicted octanol–water partition coefficient (Wildman–Crippen LogP) is 4.45. The minimum absolute atomic E-state index is 0.136. The van der Waals surface area contributed by atoms with Gasteiger partial charge in [0.05, 0.1) is 5.56 Å². The number of carboxylic acid groups (broad SMARTS) is 1. The lowest BCUT2D eigenvalue weighted by atomic mass is 10.2. The van der Waals surface area contributed by atoms with E-state index in [4.69, 9.17) is 9.52 Å². The minimum Gasteiger partial charge on any atom is -0.478 e. The zero-order valence-corrected chi connectivity index (χ0v) is 12.5. The molecule has 0 aromatic carbocycles. The average Bonchev–Trinajstić information content (AvgIpc) is 3.07. The summed E-state index contributed by atoms with van der Waals surface area (Å²) >= 11 is 3.27. The van der Waals surface area contributed by atoms with Crippen LogP contribution in [0, 0.1) is 13.8 Å². The van der Waals surface area contributed by atoms with Gasteiger partial charge in [-0.25, -0.2) is 9.78 Å². The van der Waals surface area contributed by atoms with E-state index in [0.29, 0.717) is 11.5 Å². The predicted molar refractivity (Wildman–Crippen MR) is 79.6 cm³/mol. The van der Waals surface area contributed by atoms with E-state index >= 15 is 0 Å². The SMILES string of the molecule is Cc1cc(-c2nc(-c3cc(C(=O)O)co3)cs2)c(C)s1. The molecule has 0 amide bonds. The molecule has 0 unspecified atom stereocenters. The summed E-state index contributed by atoms with van der Waals surface area (Å²) in [5.41, 5.74) is 1.94. The third-order valence-electron chi connectivity index (χ3n) is 2.87. The van der Waals surface area contributed by atoms with Gasteiger partial charge in [0.2, 0.25) is 0 Å². The van der Waals surface area contributed by atoms with E-state index in [-0.39, 0.29) is 5.56 Å². The van der Waals surface area contributed by atoms with Crippen molar-refractivity contribution in [2.45, 2.75) is 13.8 Å². The van der Waals surface area contributed by atoms with Crippen LogP contribution in [0.2, 0.25) is 0 Å². The molecule has 3 aromatic heterocycles. The molecule has 6 heteroatoms. The fourth-order valence-electron chi connectivity index (χ4n) is 1.94. The highest BCUT2D eigenvalue weighted by Gasteiger charge is 2.15. The highest BCUT2D eigenvalue weighted by Crippen LogP contribution is 2.35. The van der Waals surface area contributed by atoms with Crippen LogP contribution < -0.4 is 0 Å². The Morgan fingerprint density at radius 2 is 2.15 bits per heavy atom. The number of aromatic carboxylic acids is 1. The lowest BCUT2D eigenvalue weighted by Crippen LogP contribution is -1.91. The summed E-state index contributed by atoms with van der Waals surface area (Å²) in [6.07, 6.45) is 1.23. The molecule has 3 rings (SSSR count). The van der Waals surface area contributed by atoms with Gasteiger partial charge in [-0.05, 0) is 19.9 Å². The number of carbonyl (C=O) groups is 1. The molecule has 0 spiro atoms. The molecule has 0 aliphatic carbocycles. The molecule has 0 atom stereocenters. The number of rotatable bonds is 3. The second-order valence-electron chi connectivity index (χ2n) is 4.37. The van der Waals surface area contributed by atoms with Crippen molar-refractivity contribution in [3.8, 4) is 22.0 Å². The Morgan fingerprint density at radius 3 is 2.75 bits per heavy atom. The number of aromatic nitrogens is 1. The van der Waals surface area contributed by atoms with Crippen molar-refractivity contribution in [1.29, 1.82) is 0 Å². The fourth-order valence-corrected chi connectivity index (χ4v) is 3.81. The van der Waals surface area contributed by atoms with Crippen LogP contribution in [0.25, 0.3) is 22.0 Å². The zero-order chi connectivity index (χ0) is 14.3. The maximum atomic E-state index is 10.8. The number of furan rings is 1. The monoisotopic (exact) mass is 305 g/mol. The zero-order valence-electron chi connectivity index (χ0n) is 10.8. The van der Waals surface area contributed by atoms with Gasteiger partial charge < -0.3 is 9.52 Å². The smallest absolute Gasteiger partial charge is 0.338 e. The summed E-state index contributed by atoms with van der Waals surface area (Å²) < 4.78 is 5.26. The van der Waals surface area contributed by atoms with Gasteiger partial charge in [0, 0.05) is 26.8 Å². The molecule has 0 fully saturated rings. The number of carboxylic acids is 1. The van der Waals surface area contributed by atoms with Crippen LogP contribution >= 0.6 is 22.7 Å². The molecule has 1 N–H and O–H groups in total. The maximum absolute atomic E-state index is 10.8. The Labute approximate surface area is 123 Å². The first-order chi connectivity index (χ1) is 9.54. The van der Waals surface area contributed by atoms with E-state index in [1.807, 2.05) is 5.38 Å². The van der Waals surface area contributed by atoms with Crippen LogP contribution in [0.1, 0.15) is 20.1 Å². The molecular weight excluding hydrogens is 294 g/mol. The number of thiazole rings is 1. The number of hydrogen-bond donors (Lipinski definition) is 1. The van der Waals surface area contributed by atoms with Gasteiger partial charge in [0.15, 0.2) is 5.76 Å². The molecule has 0 aliphatic rings. The summed E-state index contributed by atoms with van der Waals surface area (Å²) in [6.45, 7) is 4.14. The van der Waals surface area contributed by atoms with E-state index in [9.17, 15) is 4.79 Å². The van der Waals surface area contributed by atoms with Crippen molar-refractivity contribution in [3.63, 3.8) is 0 Å². The number of thiophene rings is 1. The lowest BCUT2D eigenvalue weighted by Gasteiger charge is -1.92. The van der Waals surface area contributed by atoms with Crippen molar-refractivity contribution in [3.05, 3.63) is 39.1 Å². The Bertz CT molecular complexity index is 782. The Hall–Kier alpha value is -1.92. The summed E-state index contributed by atoms with van der Waals surface area (Å²) in [5.74, 6) is -0.519. The first-order valence-electron chi connectivity index (χ1n) is 5.89. The first kappa shape index (κ1) is 13.1. The molecule has 0 aliphatic heterocycles. The molecule has 0 saturated heterocycles. The highest BCUT2D eigenvalue weighted by atomic mass is 32.1. The lowest BCUT2D eigenvalue weighted by molar-refractivity contribution is 0.0696. The topological polar surface area (TPSA) is 63.3 Å². The summed E-state index contributed by atoms with van der Waals surface area (Å²) in [5, 5.41) is 11.7. The normalized spacial score (nSPS) is 10.9. The molecule has 102 valence electrons. The van der Waals surface area contributed by atoms with Crippen LogP contribution in [0.3, 0.4) is 0 Å². The summed E-state index contributed by atoms with van der Waals surface area (Å²) in [6, 6.07) is 3.61. The number of hydrogen-bond acceptors (Lipinski definition) is 5. The summed E-state index contributed by atoms with van der Waals surface area (Å²) in [4.78, 5) is 17.9. The molecule has 0 bridgehead atoms. The van der Waals surface area contributed by atoms with Crippen molar-refractivity contribution < 1.29 is 14.3 Å². The van der Waals surface area contributed by atoms with Gasteiger partial charge >= 0.3 is 5.97 Å². The average molecular weight is 305 g/mol. The van der Waals surface area contributed by atoms with Gasteiger partial charge in [-0.1, -0.05) is 0 Å². The fraction of sp³-hybridized carbons (Fsp3) is 0.143. The van der Waals surface area contributed by atoms with Crippen molar-refractivity contribution in [2.24, 2.45) is 0 Å². The molecule has 3 heterocycles. The Balaban J connectivity index is 1.97. The second-order valence-corrected chi connectivity index (χ2v) is 6.69. The quantitative estimate of drug-likeness (QED) is 0.776. The van der Waals surface area contributed by atoms with Gasteiger partial charge in [-0.15, -0.1) is 22.7 Å². The third kappa shape index (κ3) is 2.28. The van der Waals surface area contributed by atoms with E-state index in [1.54, 1.807) is 11.3 Å². The van der Waals surface area contributed by atoms with E-state index < -0.39 is 5.97 Å². The molecule has 0 saturated carbocycles. The second kappa shape index (κ2) is 4.88. The summed E-state index contributed by atoms with van der Waals surface area (Å²) in [7, 11) is 0. The molecular formula is C14H11NO3S2. The minimum atomic E-state index is -1.00. The van der Waals surface area contributed by atoms with Gasteiger partial charge in [0.25, 0.3) is 0 Å². The highest BCUT2D eigenvalue weighted by molar-refractivity contribution is 7.15. The van der Waals surface area contributed by atoms with E-state index in [0.717, 1.165) is 10.6 Å². The number of aryl methyl sites for hydroxylation is 2. The molecule has 0 radical (unpaired) electrons. The molecule has 3 aromatic rings. The molecule has 20 heavy (non-hydrogen) atoms. The van der Waals surface area contributed by atoms with E-state index in [2.05, 4.69) is 24.9 Å². The van der Waals surface area contributed by atoms with Crippen LogP contribution in [0.15, 0.2) is 28.2 Å². The van der Waals surface area contributed by atoms with Gasteiger partial charge in [0.1, 0.15) is 17.0 Å². The van der Waals surface area contributed by atoms with Gasteiger partial charge in [-0.3, -0.25) is 0 Å². The largest absolute Gasteiger partial charge is 0.478 e. The van der Waals surface area contributed by atoms with Crippen LogP contribution in [0.4, 0.5) is 0 Å². The van der Waals surface area contributed by atoms with Crippen molar-refractivity contribution >= 4 is 28.6 Å². The molecule has 4 nitrogen and oxygen atoms in total. The van der Waals surface area contributed by atoms with Crippen LogP contribution in [-0.2, 0) is 0 Å².